The lowest BCUT2D eigenvalue weighted by Gasteiger charge is -2.37. The number of hydrogen-bond donors (Lipinski definition) is 0. The second-order valence-corrected chi connectivity index (χ2v) is 5.58. The van der Waals surface area contributed by atoms with Gasteiger partial charge in [0.1, 0.15) is 0 Å². The maximum atomic E-state index is 3.68. The maximum Gasteiger partial charge on any atom is 0.0431 e. The molecular weight excluding hydrogens is 230 g/mol. The van der Waals surface area contributed by atoms with Gasteiger partial charge in [-0.1, -0.05) is 18.7 Å². The lowest BCUT2D eigenvalue weighted by atomic mass is 9.90. The molecule has 2 aliphatic heterocycles. The van der Waals surface area contributed by atoms with Crippen LogP contribution >= 0.6 is 0 Å². The van der Waals surface area contributed by atoms with Crippen molar-refractivity contribution in [1.29, 1.82) is 0 Å². The van der Waals surface area contributed by atoms with Crippen LogP contribution in [-0.2, 0) is 12.8 Å². The number of rotatable bonds is 2. The highest BCUT2D eigenvalue weighted by molar-refractivity contribution is 5.68. The van der Waals surface area contributed by atoms with Gasteiger partial charge in [-0.05, 0) is 67.0 Å². The second-order valence-electron chi connectivity index (χ2n) is 5.58. The topological polar surface area (TPSA) is 3.24 Å². The molecule has 1 heteroatoms. The Hall–Kier alpha value is -1.72. The van der Waals surface area contributed by atoms with Crippen molar-refractivity contribution in [3.8, 4) is 0 Å². The molecule has 0 amide bonds. The third-order valence-corrected chi connectivity index (χ3v) is 4.16. The van der Waals surface area contributed by atoms with E-state index < -0.39 is 0 Å². The Balaban J connectivity index is 2.01. The highest BCUT2D eigenvalue weighted by atomic mass is 15.1. The van der Waals surface area contributed by atoms with Crippen LogP contribution < -0.4 is 4.90 Å². The van der Waals surface area contributed by atoms with Crippen molar-refractivity contribution in [2.45, 2.75) is 32.6 Å². The predicted octanol–water partition coefficient (Wildman–Crippen LogP) is 4.13. The number of benzene rings is 1. The summed E-state index contributed by atoms with van der Waals surface area (Å²) in [5, 5.41) is 0. The average molecular weight is 251 g/mol. The number of aryl methyl sites for hydroxylation is 2. The van der Waals surface area contributed by atoms with Crippen molar-refractivity contribution in [1.82, 2.24) is 0 Å². The molecule has 1 aromatic rings. The summed E-state index contributed by atoms with van der Waals surface area (Å²) in [5.41, 5.74) is 9.97. The number of allylic oxidation sites excluding steroid dienone is 2. The van der Waals surface area contributed by atoms with E-state index in [4.69, 9.17) is 0 Å². The van der Waals surface area contributed by atoms with Gasteiger partial charge in [-0.3, -0.25) is 0 Å². The summed E-state index contributed by atoms with van der Waals surface area (Å²) in [6, 6.07) is 4.73. The first-order chi connectivity index (χ1) is 9.28. The van der Waals surface area contributed by atoms with Crippen LogP contribution in [0.1, 0.15) is 36.5 Å². The summed E-state index contributed by atoms with van der Waals surface area (Å²) < 4.78 is 0. The van der Waals surface area contributed by atoms with Crippen LogP contribution in [0.5, 0.6) is 0 Å². The van der Waals surface area contributed by atoms with Gasteiger partial charge in [0.05, 0.1) is 0 Å². The van der Waals surface area contributed by atoms with Gasteiger partial charge in [0.2, 0.25) is 0 Å². The van der Waals surface area contributed by atoms with Gasteiger partial charge >= 0.3 is 0 Å². The SMILES string of the molecule is C=C=C(C)/C=C\c1cc2c3c(c1)CCCN3CCC2. The summed E-state index contributed by atoms with van der Waals surface area (Å²) in [6.45, 7) is 8.20. The minimum absolute atomic E-state index is 1.09. The molecule has 0 aromatic heterocycles. The van der Waals surface area contributed by atoms with E-state index in [0.717, 1.165) is 5.57 Å². The zero-order valence-corrected chi connectivity index (χ0v) is 11.7. The van der Waals surface area contributed by atoms with Crippen molar-refractivity contribution in [2.75, 3.05) is 18.0 Å². The van der Waals surface area contributed by atoms with Crippen LogP contribution in [0.15, 0.2) is 36.1 Å². The van der Waals surface area contributed by atoms with Crippen LogP contribution in [0.3, 0.4) is 0 Å². The third-order valence-electron chi connectivity index (χ3n) is 4.16. The molecule has 0 atom stereocenters. The Bertz CT molecular complexity index is 542. The third kappa shape index (κ3) is 2.39. The molecule has 0 bridgehead atoms. The number of hydrogen-bond acceptors (Lipinski definition) is 1. The second kappa shape index (κ2) is 5.11. The first-order valence-electron chi connectivity index (χ1n) is 7.23. The van der Waals surface area contributed by atoms with E-state index in [0.29, 0.717) is 0 Å². The summed E-state index contributed by atoms with van der Waals surface area (Å²) in [7, 11) is 0. The van der Waals surface area contributed by atoms with Gasteiger partial charge in [-0.2, -0.15) is 0 Å². The number of anilines is 1. The molecule has 98 valence electrons. The quantitative estimate of drug-likeness (QED) is 0.564. The smallest absolute Gasteiger partial charge is 0.0431 e. The molecule has 0 saturated heterocycles. The van der Waals surface area contributed by atoms with Gasteiger partial charge < -0.3 is 4.90 Å². The molecule has 0 unspecified atom stereocenters. The minimum atomic E-state index is 1.09. The van der Waals surface area contributed by atoms with Crippen LogP contribution in [0, 0.1) is 0 Å². The largest absolute Gasteiger partial charge is 0.371 e. The molecule has 2 aliphatic rings. The van der Waals surface area contributed by atoms with E-state index in [-0.39, 0.29) is 0 Å². The van der Waals surface area contributed by atoms with E-state index in [1.165, 1.54) is 44.3 Å². The average Bonchev–Trinajstić information content (AvgIpc) is 2.45. The summed E-state index contributed by atoms with van der Waals surface area (Å²) in [6.07, 6.45) is 9.35. The van der Waals surface area contributed by atoms with Gasteiger partial charge in [0, 0.05) is 18.8 Å². The zero-order chi connectivity index (χ0) is 13.2. The first-order valence-corrected chi connectivity index (χ1v) is 7.23. The van der Waals surface area contributed by atoms with Gasteiger partial charge in [0.25, 0.3) is 0 Å². The van der Waals surface area contributed by atoms with Crippen LogP contribution in [0.25, 0.3) is 6.08 Å². The Labute approximate surface area is 115 Å². The van der Waals surface area contributed by atoms with Crippen LogP contribution in [0.2, 0.25) is 0 Å². The minimum Gasteiger partial charge on any atom is -0.371 e. The highest BCUT2D eigenvalue weighted by Gasteiger charge is 2.23. The molecule has 0 aliphatic carbocycles. The molecule has 0 N–H and O–H groups in total. The molecule has 19 heavy (non-hydrogen) atoms. The lowest BCUT2D eigenvalue weighted by molar-refractivity contribution is 0.634. The fraction of sp³-hybridized carbons (Fsp3) is 0.389. The van der Waals surface area contributed by atoms with Gasteiger partial charge in [0.15, 0.2) is 0 Å². The fourth-order valence-corrected chi connectivity index (χ4v) is 3.21. The molecule has 1 nitrogen and oxygen atoms in total. The molecule has 0 saturated carbocycles. The maximum absolute atomic E-state index is 3.68. The number of nitrogens with zero attached hydrogens (tertiary/aromatic N) is 1. The molecular formula is C18H21N. The lowest BCUT2D eigenvalue weighted by Crippen LogP contribution is -2.34. The molecule has 0 fully saturated rings. The first kappa shape index (κ1) is 12.3. The Morgan fingerprint density at radius 2 is 1.84 bits per heavy atom. The fourth-order valence-electron chi connectivity index (χ4n) is 3.21. The van der Waals surface area contributed by atoms with E-state index in [9.17, 15) is 0 Å². The van der Waals surface area contributed by atoms with Crippen LogP contribution in [0.4, 0.5) is 5.69 Å². The van der Waals surface area contributed by atoms with E-state index in [1.54, 1.807) is 16.8 Å². The Kier molecular flexibility index (Phi) is 3.31. The summed E-state index contributed by atoms with van der Waals surface area (Å²) in [5.74, 6) is 0. The molecule has 2 heterocycles. The van der Waals surface area contributed by atoms with E-state index >= 15 is 0 Å². The molecule has 0 spiro atoms. The summed E-state index contributed by atoms with van der Waals surface area (Å²) >= 11 is 0. The standard InChI is InChI=1S/C18H21N/c1-3-14(2)8-9-15-12-16-6-4-10-19-11-5-7-17(13-15)18(16)19/h8-9,12-13H,1,4-7,10-11H2,2H3/b9-8-. The molecule has 1 aromatic carbocycles. The highest BCUT2D eigenvalue weighted by Crippen LogP contribution is 2.36. The predicted molar refractivity (Wildman–Crippen MR) is 82.7 cm³/mol. The molecule has 0 radical (unpaired) electrons. The van der Waals surface area contributed by atoms with E-state index in [2.05, 4.69) is 41.5 Å². The summed E-state index contributed by atoms with van der Waals surface area (Å²) in [4.78, 5) is 2.58. The molecule has 3 rings (SSSR count). The van der Waals surface area contributed by atoms with Crippen molar-refractivity contribution < 1.29 is 0 Å². The van der Waals surface area contributed by atoms with Crippen molar-refractivity contribution in [2.24, 2.45) is 0 Å². The van der Waals surface area contributed by atoms with Crippen molar-refractivity contribution >= 4 is 11.8 Å². The van der Waals surface area contributed by atoms with Gasteiger partial charge in [-0.25, -0.2) is 0 Å². The van der Waals surface area contributed by atoms with Gasteiger partial charge in [-0.15, -0.1) is 5.73 Å². The Morgan fingerprint density at radius 1 is 1.21 bits per heavy atom. The van der Waals surface area contributed by atoms with Crippen molar-refractivity contribution in [3.63, 3.8) is 0 Å². The monoisotopic (exact) mass is 251 g/mol. The normalized spacial score (nSPS) is 17.2. The Morgan fingerprint density at radius 3 is 2.42 bits per heavy atom. The van der Waals surface area contributed by atoms with E-state index in [1.807, 2.05) is 6.92 Å². The van der Waals surface area contributed by atoms with Crippen LogP contribution in [-0.4, -0.2) is 13.1 Å². The van der Waals surface area contributed by atoms with Crippen molar-refractivity contribution in [3.05, 3.63) is 52.8 Å². The zero-order valence-electron chi connectivity index (χ0n) is 11.7.